The number of fused-ring (bicyclic) bond motifs is 1. The Hall–Kier alpha value is -2.82. The molecular formula is C14H10N4O. The predicted molar refractivity (Wildman–Crippen MR) is 71.8 cm³/mol. The second-order valence-electron chi connectivity index (χ2n) is 3.90. The van der Waals surface area contributed by atoms with Crippen molar-refractivity contribution in [2.45, 2.75) is 0 Å². The van der Waals surface area contributed by atoms with Gasteiger partial charge in [-0.1, -0.05) is 30.3 Å². The summed E-state index contributed by atoms with van der Waals surface area (Å²) in [5.41, 5.74) is 0.395. The van der Waals surface area contributed by atoms with Crippen molar-refractivity contribution < 1.29 is 5.11 Å². The first-order valence-corrected chi connectivity index (χ1v) is 5.74. The average Bonchev–Trinajstić information content (AvgIpc) is 2.48. The zero-order valence-electron chi connectivity index (χ0n) is 9.93. The smallest absolute Gasteiger partial charge is 0.268 e. The highest BCUT2D eigenvalue weighted by Gasteiger charge is 2.05. The molecule has 19 heavy (non-hydrogen) atoms. The molecule has 0 aliphatic rings. The highest BCUT2D eigenvalue weighted by molar-refractivity contribution is 5.92. The van der Waals surface area contributed by atoms with Crippen molar-refractivity contribution in [3.8, 4) is 5.75 Å². The van der Waals surface area contributed by atoms with E-state index < -0.39 is 0 Å². The first kappa shape index (κ1) is 11.3. The molecule has 0 unspecified atom stereocenters. The Morgan fingerprint density at radius 1 is 0.842 bits per heavy atom. The number of azo groups is 1. The van der Waals surface area contributed by atoms with Crippen molar-refractivity contribution >= 4 is 22.4 Å². The molecule has 0 spiro atoms. The highest BCUT2D eigenvalue weighted by Crippen LogP contribution is 2.34. The zero-order valence-corrected chi connectivity index (χ0v) is 9.93. The number of phenols is 1. The van der Waals surface area contributed by atoms with Gasteiger partial charge < -0.3 is 5.11 Å². The molecule has 0 atom stereocenters. The number of phenolic OH excluding ortho intramolecular Hbond substituents is 1. The average molecular weight is 250 g/mol. The number of rotatable bonds is 2. The Morgan fingerprint density at radius 3 is 2.47 bits per heavy atom. The van der Waals surface area contributed by atoms with Gasteiger partial charge in [-0.2, -0.15) is 0 Å². The molecule has 5 heteroatoms. The van der Waals surface area contributed by atoms with E-state index in [2.05, 4.69) is 20.2 Å². The summed E-state index contributed by atoms with van der Waals surface area (Å²) in [6, 6.07) is 12.8. The van der Waals surface area contributed by atoms with Gasteiger partial charge in [0.2, 0.25) is 0 Å². The first-order chi connectivity index (χ1) is 9.34. The van der Waals surface area contributed by atoms with Gasteiger partial charge in [0.1, 0.15) is 5.69 Å². The molecule has 0 aliphatic carbocycles. The van der Waals surface area contributed by atoms with Crippen LogP contribution in [0.2, 0.25) is 0 Å². The summed E-state index contributed by atoms with van der Waals surface area (Å²) in [6.45, 7) is 0. The van der Waals surface area contributed by atoms with E-state index in [1.165, 1.54) is 0 Å². The molecule has 2 aromatic carbocycles. The summed E-state index contributed by atoms with van der Waals surface area (Å²) in [6.07, 6.45) is 3.17. The highest BCUT2D eigenvalue weighted by atomic mass is 16.3. The molecule has 92 valence electrons. The van der Waals surface area contributed by atoms with Gasteiger partial charge >= 0.3 is 0 Å². The van der Waals surface area contributed by atoms with Crippen LogP contribution in [-0.2, 0) is 0 Å². The van der Waals surface area contributed by atoms with Gasteiger partial charge in [0.05, 0.1) is 0 Å². The third kappa shape index (κ3) is 2.26. The minimum absolute atomic E-state index is 0.109. The molecule has 0 aliphatic heterocycles. The number of benzene rings is 2. The van der Waals surface area contributed by atoms with Crippen molar-refractivity contribution in [2.24, 2.45) is 10.2 Å². The van der Waals surface area contributed by atoms with Crippen LogP contribution in [0.15, 0.2) is 65.1 Å². The summed E-state index contributed by atoms with van der Waals surface area (Å²) < 4.78 is 0. The van der Waals surface area contributed by atoms with Crippen molar-refractivity contribution in [3.05, 3.63) is 54.9 Å². The van der Waals surface area contributed by atoms with Gasteiger partial charge in [0.25, 0.3) is 5.95 Å². The first-order valence-electron chi connectivity index (χ1n) is 5.74. The fourth-order valence-corrected chi connectivity index (χ4v) is 1.77. The van der Waals surface area contributed by atoms with E-state index in [1.807, 2.05) is 30.3 Å². The molecule has 0 bridgehead atoms. The van der Waals surface area contributed by atoms with Crippen LogP contribution < -0.4 is 0 Å². The molecule has 0 saturated heterocycles. The van der Waals surface area contributed by atoms with Crippen LogP contribution in [0.25, 0.3) is 10.8 Å². The van der Waals surface area contributed by atoms with Gasteiger partial charge in [0, 0.05) is 17.8 Å². The number of aromatic nitrogens is 2. The fraction of sp³-hybridized carbons (Fsp3) is 0. The number of hydrogen-bond acceptors (Lipinski definition) is 5. The lowest BCUT2D eigenvalue weighted by molar-refractivity contribution is 0.482. The van der Waals surface area contributed by atoms with E-state index in [-0.39, 0.29) is 11.7 Å². The number of hydrogen-bond donors (Lipinski definition) is 1. The Morgan fingerprint density at radius 2 is 1.63 bits per heavy atom. The maximum atomic E-state index is 10.1. The topological polar surface area (TPSA) is 70.7 Å². The Kier molecular flexibility index (Phi) is 2.86. The van der Waals surface area contributed by atoms with Crippen LogP contribution in [0.5, 0.6) is 5.75 Å². The van der Waals surface area contributed by atoms with Gasteiger partial charge in [-0.25, -0.2) is 9.97 Å². The van der Waals surface area contributed by atoms with E-state index in [9.17, 15) is 5.11 Å². The maximum Gasteiger partial charge on any atom is 0.268 e. The number of nitrogens with zero attached hydrogens (tertiary/aromatic N) is 4. The van der Waals surface area contributed by atoms with E-state index in [0.717, 1.165) is 10.8 Å². The largest absolute Gasteiger partial charge is 0.505 e. The summed E-state index contributed by atoms with van der Waals surface area (Å²) >= 11 is 0. The fourth-order valence-electron chi connectivity index (χ4n) is 1.77. The minimum atomic E-state index is 0.109. The SMILES string of the molecule is Oc1c(N=Nc2ncccn2)ccc2ccccc12. The van der Waals surface area contributed by atoms with E-state index in [4.69, 9.17) is 0 Å². The van der Waals surface area contributed by atoms with Gasteiger partial charge in [0.15, 0.2) is 5.75 Å². The summed E-state index contributed by atoms with van der Waals surface area (Å²) in [7, 11) is 0. The van der Waals surface area contributed by atoms with Gasteiger partial charge in [-0.15, -0.1) is 10.2 Å². The standard InChI is InChI=1S/C14H10N4O/c19-13-11-5-2-1-4-10(11)6-7-12(13)17-18-14-15-8-3-9-16-14/h1-9,19H. The lowest BCUT2D eigenvalue weighted by atomic mass is 10.1. The van der Waals surface area contributed by atoms with E-state index >= 15 is 0 Å². The summed E-state index contributed by atoms with van der Waals surface area (Å²) in [5, 5.41) is 19.7. The van der Waals surface area contributed by atoms with Crippen LogP contribution in [0.1, 0.15) is 0 Å². The molecule has 1 N–H and O–H groups in total. The number of aromatic hydroxyl groups is 1. The lowest BCUT2D eigenvalue weighted by Gasteiger charge is -2.02. The third-order valence-corrected chi connectivity index (χ3v) is 2.68. The van der Waals surface area contributed by atoms with Crippen LogP contribution in [0.4, 0.5) is 11.6 Å². The zero-order chi connectivity index (χ0) is 13.1. The van der Waals surface area contributed by atoms with Crippen molar-refractivity contribution in [2.75, 3.05) is 0 Å². The van der Waals surface area contributed by atoms with Crippen LogP contribution in [0.3, 0.4) is 0 Å². The molecular weight excluding hydrogens is 240 g/mol. The monoisotopic (exact) mass is 250 g/mol. The summed E-state index contributed by atoms with van der Waals surface area (Å²) in [4.78, 5) is 7.87. The molecule has 0 radical (unpaired) electrons. The summed E-state index contributed by atoms with van der Waals surface area (Å²) in [5.74, 6) is 0.368. The molecule has 1 heterocycles. The molecule has 3 aromatic rings. The minimum Gasteiger partial charge on any atom is -0.505 e. The van der Waals surface area contributed by atoms with E-state index in [1.54, 1.807) is 24.5 Å². The molecule has 3 rings (SSSR count). The molecule has 0 amide bonds. The molecule has 0 saturated carbocycles. The van der Waals surface area contributed by atoms with Crippen molar-refractivity contribution in [1.29, 1.82) is 0 Å². The van der Waals surface area contributed by atoms with Crippen LogP contribution >= 0.6 is 0 Å². The quantitative estimate of drug-likeness (QED) is 0.704. The van der Waals surface area contributed by atoms with Gasteiger partial charge in [-0.05, 0) is 17.5 Å². The van der Waals surface area contributed by atoms with Crippen molar-refractivity contribution in [3.63, 3.8) is 0 Å². The second-order valence-corrected chi connectivity index (χ2v) is 3.90. The lowest BCUT2D eigenvalue weighted by Crippen LogP contribution is -1.77. The van der Waals surface area contributed by atoms with Crippen molar-refractivity contribution in [1.82, 2.24) is 9.97 Å². The maximum absolute atomic E-state index is 10.1. The second kappa shape index (κ2) is 4.81. The molecule has 1 aromatic heterocycles. The van der Waals surface area contributed by atoms with Gasteiger partial charge in [-0.3, -0.25) is 0 Å². The predicted octanol–water partition coefficient (Wildman–Crippen LogP) is 3.75. The Balaban J connectivity index is 2.02. The third-order valence-electron chi connectivity index (χ3n) is 2.68. The van der Waals surface area contributed by atoms with E-state index in [0.29, 0.717) is 5.69 Å². The Bertz CT molecular complexity index is 741. The Labute approximate surface area is 109 Å². The van der Waals surface area contributed by atoms with Crippen LogP contribution in [-0.4, -0.2) is 15.1 Å². The molecule has 0 fully saturated rings. The van der Waals surface area contributed by atoms with Crippen LogP contribution in [0, 0.1) is 0 Å². The molecule has 5 nitrogen and oxygen atoms in total. The normalized spacial score (nSPS) is 11.2.